The Morgan fingerprint density at radius 2 is 1.90 bits per heavy atom. The van der Waals surface area contributed by atoms with Crippen LogP contribution in [-0.2, 0) is 11.3 Å². The second-order valence-corrected chi connectivity index (χ2v) is 9.42. The minimum Gasteiger partial charge on any atom is -0.490 e. The summed E-state index contributed by atoms with van der Waals surface area (Å²) in [5.74, 6) is 0.987. The monoisotopic (exact) mass is 557 g/mol. The highest BCUT2D eigenvalue weighted by molar-refractivity contribution is 14.1. The van der Waals surface area contributed by atoms with Gasteiger partial charge < -0.3 is 9.47 Å². The molecule has 8 heteroatoms. The molecule has 2 aromatic rings. The maximum atomic E-state index is 12.8. The van der Waals surface area contributed by atoms with E-state index in [4.69, 9.17) is 21.1 Å². The maximum Gasteiger partial charge on any atom is 0.293 e. The van der Waals surface area contributed by atoms with Gasteiger partial charge in [-0.25, -0.2) is 0 Å². The molecule has 2 aromatic carbocycles. The van der Waals surface area contributed by atoms with Crippen LogP contribution in [0.2, 0.25) is 5.02 Å². The third kappa shape index (κ3) is 5.50. The molecule has 1 saturated heterocycles. The maximum absolute atomic E-state index is 12.8. The number of hydrogen-bond donors (Lipinski definition) is 0. The van der Waals surface area contributed by atoms with Crippen LogP contribution in [0.3, 0.4) is 0 Å². The lowest BCUT2D eigenvalue weighted by Crippen LogP contribution is -2.27. The van der Waals surface area contributed by atoms with Crippen molar-refractivity contribution in [3.8, 4) is 11.5 Å². The van der Waals surface area contributed by atoms with E-state index in [1.807, 2.05) is 32.9 Å². The van der Waals surface area contributed by atoms with Gasteiger partial charge in [-0.1, -0.05) is 23.7 Å². The summed E-state index contributed by atoms with van der Waals surface area (Å²) in [5.41, 5.74) is 1.61. The highest BCUT2D eigenvalue weighted by Crippen LogP contribution is 2.38. The summed E-state index contributed by atoms with van der Waals surface area (Å²) >= 11 is 9.03. The van der Waals surface area contributed by atoms with Crippen LogP contribution in [0.25, 0.3) is 6.08 Å². The van der Waals surface area contributed by atoms with Gasteiger partial charge in [-0.3, -0.25) is 14.5 Å². The molecule has 0 bridgehead atoms. The Morgan fingerprint density at radius 1 is 1.20 bits per heavy atom. The summed E-state index contributed by atoms with van der Waals surface area (Å²) in [6.45, 7) is 6.52. The van der Waals surface area contributed by atoms with Crippen molar-refractivity contribution in [1.82, 2.24) is 4.90 Å². The molecule has 1 aliphatic heterocycles. The fraction of sp³-hybridized carbons (Fsp3) is 0.273. The van der Waals surface area contributed by atoms with E-state index < -0.39 is 0 Å². The van der Waals surface area contributed by atoms with Gasteiger partial charge in [-0.05, 0) is 96.6 Å². The second kappa shape index (κ2) is 10.1. The number of nitrogens with zero attached hydrogens (tertiary/aromatic N) is 1. The Balaban J connectivity index is 1.86. The van der Waals surface area contributed by atoms with Crippen LogP contribution < -0.4 is 9.47 Å². The van der Waals surface area contributed by atoms with Crippen molar-refractivity contribution in [2.45, 2.75) is 33.4 Å². The molecule has 1 aliphatic rings. The first-order valence-electron chi connectivity index (χ1n) is 9.41. The number of thioether (sulfide) groups is 1. The molecule has 0 N–H and O–H groups in total. The van der Waals surface area contributed by atoms with Crippen molar-refractivity contribution in [2.75, 3.05) is 6.61 Å². The van der Waals surface area contributed by atoms with Crippen molar-refractivity contribution < 1.29 is 19.1 Å². The fourth-order valence-electron chi connectivity index (χ4n) is 2.84. The summed E-state index contributed by atoms with van der Waals surface area (Å²) in [5, 5.41) is 0.318. The number of rotatable bonds is 7. The van der Waals surface area contributed by atoms with E-state index in [0.29, 0.717) is 28.0 Å². The first-order chi connectivity index (χ1) is 14.3. The fourth-order valence-corrected chi connectivity index (χ4v) is 4.56. The number of hydrogen-bond acceptors (Lipinski definition) is 5. The number of ether oxygens (including phenoxy) is 2. The molecule has 0 unspecified atom stereocenters. The van der Waals surface area contributed by atoms with Crippen LogP contribution in [0.15, 0.2) is 41.3 Å². The van der Waals surface area contributed by atoms with E-state index in [-0.39, 0.29) is 23.8 Å². The van der Waals surface area contributed by atoms with E-state index in [9.17, 15) is 9.59 Å². The van der Waals surface area contributed by atoms with Gasteiger partial charge in [0.2, 0.25) is 0 Å². The molecule has 158 valence electrons. The average molecular weight is 558 g/mol. The number of carbonyl (C=O) groups excluding carboxylic acids is 2. The van der Waals surface area contributed by atoms with Crippen LogP contribution in [0.5, 0.6) is 11.5 Å². The number of carbonyl (C=O) groups is 2. The zero-order chi connectivity index (χ0) is 21.8. The third-order valence-electron chi connectivity index (χ3n) is 4.11. The van der Waals surface area contributed by atoms with Crippen LogP contribution in [-0.4, -0.2) is 28.8 Å². The molecule has 0 spiro atoms. The van der Waals surface area contributed by atoms with E-state index in [0.717, 1.165) is 26.5 Å². The predicted octanol–water partition coefficient (Wildman–Crippen LogP) is 6.37. The van der Waals surface area contributed by atoms with Crippen molar-refractivity contribution in [1.29, 1.82) is 0 Å². The highest BCUT2D eigenvalue weighted by Gasteiger charge is 2.35. The van der Waals surface area contributed by atoms with Crippen molar-refractivity contribution in [2.24, 2.45) is 0 Å². The predicted molar refractivity (Wildman–Crippen MR) is 129 cm³/mol. The minimum atomic E-state index is -0.310. The Bertz CT molecular complexity index is 991. The second-order valence-electron chi connectivity index (χ2n) is 6.82. The standard InChI is InChI=1S/C22H21ClINO4S/c1-4-28-18-10-15(9-17(24)20(18)29-13(2)3)11-19-21(26)25(22(27)30-19)12-14-5-7-16(23)8-6-14/h5-11,13H,4,12H2,1-3H3/b19-11+. The Labute approximate surface area is 198 Å². The van der Waals surface area contributed by atoms with Crippen molar-refractivity contribution in [3.63, 3.8) is 0 Å². The number of imide groups is 1. The summed E-state index contributed by atoms with van der Waals surface area (Å²) in [7, 11) is 0. The summed E-state index contributed by atoms with van der Waals surface area (Å²) < 4.78 is 12.5. The normalized spacial score (nSPS) is 15.4. The molecule has 1 heterocycles. The zero-order valence-corrected chi connectivity index (χ0v) is 20.5. The third-order valence-corrected chi connectivity index (χ3v) is 6.07. The minimum absolute atomic E-state index is 0.00735. The molecule has 0 aromatic heterocycles. The Hall–Kier alpha value is -1.71. The molecule has 2 amide bonds. The summed E-state index contributed by atoms with van der Waals surface area (Å²) in [4.78, 5) is 26.9. The van der Waals surface area contributed by atoms with Gasteiger partial charge in [-0.15, -0.1) is 0 Å². The molecule has 5 nitrogen and oxygen atoms in total. The first kappa shape index (κ1) is 23.0. The van der Waals surface area contributed by atoms with Gasteiger partial charge in [0.05, 0.1) is 27.7 Å². The highest BCUT2D eigenvalue weighted by atomic mass is 127. The lowest BCUT2D eigenvalue weighted by atomic mass is 10.1. The molecule has 30 heavy (non-hydrogen) atoms. The molecule has 0 saturated carbocycles. The SMILES string of the molecule is CCOc1cc(/C=C2/SC(=O)N(Cc3ccc(Cl)cc3)C2=O)cc(I)c1OC(C)C. The number of halogens is 2. The molecule has 3 rings (SSSR count). The molecule has 1 fully saturated rings. The van der Waals surface area contributed by atoms with E-state index in [2.05, 4.69) is 22.6 Å². The topological polar surface area (TPSA) is 55.8 Å². The lowest BCUT2D eigenvalue weighted by molar-refractivity contribution is -0.123. The van der Waals surface area contributed by atoms with Gasteiger partial charge in [0.15, 0.2) is 11.5 Å². The molecular formula is C22H21ClINO4S. The van der Waals surface area contributed by atoms with Crippen LogP contribution in [0.4, 0.5) is 4.79 Å². The van der Waals surface area contributed by atoms with Crippen molar-refractivity contribution in [3.05, 3.63) is 61.0 Å². The van der Waals surface area contributed by atoms with Crippen LogP contribution in [0, 0.1) is 3.57 Å². The number of amides is 2. The van der Waals surface area contributed by atoms with Gasteiger partial charge in [-0.2, -0.15) is 0 Å². The summed E-state index contributed by atoms with van der Waals surface area (Å²) in [6.07, 6.45) is 1.73. The quantitative estimate of drug-likeness (QED) is 0.293. The van der Waals surface area contributed by atoms with E-state index in [1.165, 1.54) is 4.90 Å². The van der Waals surface area contributed by atoms with Crippen molar-refractivity contribution >= 4 is 63.2 Å². The van der Waals surface area contributed by atoms with Gasteiger partial charge in [0.1, 0.15) is 0 Å². The molecule has 0 radical (unpaired) electrons. The number of benzene rings is 2. The molecule has 0 aliphatic carbocycles. The van der Waals surface area contributed by atoms with E-state index in [1.54, 1.807) is 30.3 Å². The van der Waals surface area contributed by atoms with Crippen LogP contribution in [0.1, 0.15) is 31.9 Å². The average Bonchev–Trinajstić information content (AvgIpc) is 2.93. The Morgan fingerprint density at radius 3 is 2.53 bits per heavy atom. The first-order valence-corrected chi connectivity index (χ1v) is 11.7. The zero-order valence-electron chi connectivity index (χ0n) is 16.8. The molecular weight excluding hydrogens is 537 g/mol. The lowest BCUT2D eigenvalue weighted by Gasteiger charge is -2.17. The summed E-state index contributed by atoms with van der Waals surface area (Å²) in [6, 6.07) is 10.8. The van der Waals surface area contributed by atoms with Crippen LogP contribution >= 0.6 is 46.0 Å². The largest absolute Gasteiger partial charge is 0.490 e. The van der Waals surface area contributed by atoms with Gasteiger partial charge in [0.25, 0.3) is 11.1 Å². The van der Waals surface area contributed by atoms with E-state index >= 15 is 0 Å². The van der Waals surface area contributed by atoms with Gasteiger partial charge >= 0.3 is 0 Å². The smallest absolute Gasteiger partial charge is 0.293 e. The van der Waals surface area contributed by atoms with Gasteiger partial charge in [0, 0.05) is 5.02 Å². The Kier molecular flexibility index (Phi) is 7.70. The molecule has 0 atom stereocenters.